The standard InChI is InChI=1S/C22H32N2O2/c1-3-4-5-6-7-8-9-10-11-22(25)23-15-14-18-17-24-21-13-12-19(26-2)16-20(18)21/h3,12-13,16-17,24H,1,4-11,14-15H2,2H3,(H,23,25). The molecule has 0 aliphatic carbocycles. The van der Waals surface area contributed by atoms with Gasteiger partial charge in [0.1, 0.15) is 5.75 Å². The van der Waals surface area contributed by atoms with Crippen molar-refractivity contribution < 1.29 is 9.53 Å². The predicted molar refractivity (Wildman–Crippen MR) is 109 cm³/mol. The first kappa shape index (κ1) is 20.1. The van der Waals surface area contributed by atoms with Crippen LogP contribution in [-0.4, -0.2) is 24.5 Å². The first-order valence-electron chi connectivity index (χ1n) is 9.76. The number of amides is 1. The Hall–Kier alpha value is -2.23. The number of H-pyrrole nitrogens is 1. The molecule has 2 rings (SSSR count). The van der Waals surface area contributed by atoms with Crippen molar-refractivity contribution in [1.82, 2.24) is 10.3 Å². The van der Waals surface area contributed by atoms with Crippen molar-refractivity contribution in [2.24, 2.45) is 0 Å². The molecular formula is C22H32N2O2. The number of carbonyl (C=O) groups is 1. The highest BCUT2D eigenvalue weighted by Gasteiger charge is 2.06. The van der Waals surface area contributed by atoms with E-state index in [0.717, 1.165) is 42.3 Å². The Morgan fingerprint density at radius 3 is 2.73 bits per heavy atom. The molecule has 2 aromatic rings. The number of unbranched alkanes of at least 4 members (excludes halogenated alkanes) is 6. The van der Waals surface area contributed by atoms with Crippen LogP contribution >= 0.6 is 0 Å². The molecule has 1 aromatic carbocycles. The fraction of sp³-hybridized carbons (Fsp3) is 0.500. The Balaban J connectivity index is 1.60. The van der Waals surface area contributed by atoms with Gasteiger partial charge in [-0.2, -0.15) is 0 Å². The molecule has 0 saturated heterocycles. The zero-order valence-corrected chi connectivity index (χ0v) is 16.0. The van der Waals surface area contributed by atoms with Gasteiger partial charge in [0, 0.05) is 30.1 Å². The summed E-state index contributed by atoms with van der Waals surface area (Å²) in [6.07, 6.45) is 13.7. The summed E-state index contributed by atoms with van der Waals surface area (Å²) >= 11 is 0. The Morgan fingerprint density at radius 2 is 1.96 bits per heavy atom. The molecule has 1 amide bonds. The Labute approximate surface area is 157 Å². The molecule has 0 aliphatic heterocycles. The number of hydrogen-bond acceptors (Lipinski definition) is 2. The van der Waals surface area contributed by atoms with Crippen molar-refractivity contribution in [3.8, 4) is 5.75 Å². The predicted octanol–water partition coefficient (Wildman–Crippen LogP) is 5.14. The first-order chi connectivity index (χ1) is 12.7. The van der Waals surface area contributed by atoms with Crippen molar-refractivity contribution in [2.75, 3.05) is 13.7 Å². The molecular weight excluding hydrogens is 324 g/mol. The molecule has 4 nitrogen and oxygen atoms in total. The molecule has 2 N–H and O–H groups in total. The van der Waals surface area contributed by atoms with Gasteiger partial charge in [0.15, 0.2) is 0 Å². The van der Waals surface area contributed by atoms with E-state index in [4.69, 9.17) is 4.74 Å². The lowest BCUT2D eigenvalue weighted by Crippen LogP contribution is -2.25. The van der Waals surface area contributed by atoms with Crippen molar-refractivity contribution >= 4 is 16.8 Å². The zero-order chi connectivity index (χ0) is 18.6. The fourth-order valence-corrected chi connectivity index (χ4v) is 3.20. The third-order valence-corrected chi connectivity index (χ3v) is 4.75. The Morgan fingerprint density at radius 1 is 1.19 bits per heavy atom. The highest BCUT2D eigenvalue weighted by molar-refractivity contribution is 5.84. The lowest BCUT2D eigenvalue weighted by atomic mass is 10.1. The summed E-state index contributed by atoms with van der Waals surface area (Å²) in [6, 6.07) is 6.01. The maximum absolute atomic E-state index is 12.0. The topological polar surface area (TPSA) is 54.1 Å². The van der Waals surface area contributed by atoms with Gasteiger partial charge in [0.2, 0.25) is 5.91 Å². The third kappa shape index (κ3) is 6.58. The average Bonchev–Trinajstić information content (AvgIpc) is 3.06. The number of allylic oxidation sites excluding steroid dienone is 1. The van der Waals surface area contributed by atoms with Gasteiger partial charge in [-0.15, -0.1) is 6.58 Å². The minimum absolute atomic E-state index is 0.161. The summed E-state index contributed by atoms with van der Waals surface area (Å²) in [5.74, 6) is 1.01. The summed E-state index contributed by atoms with van der Waals surface area (Å²) in [6.45, 7) is 4.41. The van der Waals surface area contributed by atoms with Crippen LogP contribution in [0.3, 0.4) is 0 Å². The van der Waals surface area contributed by atoms with Crippen LogP contribution in [0.5, 0.6) is 5.75 Å². The van der Waals surface area contributed by atoms with E-state index in [1.54, 1.807) is 7.11 Å². The second-order valence-electron chi connectivity index (χ2n) is 6.77. The molecule has 4 heteroatoms. The molecule has 0 atom stereocenters. The minimum Gasteiger partial charge on any atom is -0.497 e. The van der Waals surface area contributed by atoms with Crippen molar-refractivity contribution in [2.45, 2.75) is 57.8 Å². The van der Waals surface area contributed by atoms with Crippen LogP contribution in [0.2, 0.25) is 0 Å². The maximum Gasteiger partial charge on any atom is 0.220 e. The molecule has 0 saturated carbocycles. The van der Waals surface area contributed by atoms with Crippen molar-refractivity contribution in [3.63, 3.8) is 0 Å². The number of ether oxygens (including phenoxy) is 1. The fourth-order valence-electron chi connectivity index (χ4n) is 3.20. The molecule has 0 bridgehead atoms. The molecule has 1 heterocycles. The number of rotatable bonds is 13. The van der Waals surface area contributed by atoms with E-state index in [1.807, 2.05) is 30.5 Å². The Bertz CT molecular complexity index is 691. The summed E-state index contributed by atoms with van der Waals surface area (Å²) in [7, 11) is 1.68. The third-order valence-electron chi connectivity index (χ3n) is 4.75. The second kappa shape index (κ2) is 11.4. The van der Waals surface area contributed by atoms with Crippen LogP contribution in [0, 0.1) is 0 Å². The van der Waals surface area contributed by atoms with Crippen LogP contribution in [0.1, 0.15) is 56.9 Å². The SMILES string of the molecule is C=CCCCCCCCCC(=O)NCCc1c[nH]c2ccc(OC)cc12. The smallest absolute Gasteiger partial charge is 0.220 e. The van der Waals surface area contributed by atoms with Gasteiger partial charge in [0.25, 0.3) is 0 Å². The number of hydrogen-bond donors (Lipinski definition) is 2. The molecule has 1 aromatic heterocycles. The van der Waals surface area contributed by atoms with Gasteiger partial charge < -0.3 is 15.0 Å². The van der Waals surface area contributed by atoms with Gasteiger partial charge in [-0.1, -0.05) is 31.8 Å². The molecule has 26 heavy (non-hydrogen) atoms. The summed E-state index contributed by atoms with van der Waals surface area (Å²) in [5.41, 5.74) is 2.30. The van der Waals surface area contributed by atoms with E-state index in [-0.39, 0.29) is 5.91 Å². The van der Waals surface area contributed by atoms with Crippen molar-refractivity contribution in [1.29, 1.82) is 0 Å². The van der Waals surface area contributed by atoms with E-state index in [0.29, 0.717) is 13.0 Å². The van der Waals surface area contributed by atoms with Gasteiger partial charge in [-0.05, 0) is 49.4 Å². The molecule has 0 unspecified atom stereocenters. The number of aromatic nitrogens is 1. The van der Waals surface area contributed by atoms with Crippen LogP contribution in [0.15, 0.2) is 37.1 Å². The summed E-state index contributed by atoms with van der Waals surface area (Å²) in [5, 5.41) is 4.20. The zero-order valence-electron chi connectivity index (χ0n) is 16.0. The monoisotopic (exact) mass is 356 g/mol. The van der Waals surface area contributed by atoms with E-state index in [9.17, 15) is 4.79 Å². The molecule has 0 radical (unpaired) electrons. The lowest BCUT2D eigenvalue weighted by molar-refractivity contribution is -0.121. The van der Waals surface area contributed by atoms with Gasteiger partial charge in [0.05, 0.1) is 7.11 Å². The quantitative estimate of drug-likeness (QED) is 0.385. The van der Waals surface area contributed by atoms with E-state index in [2.05, 4.69) is 16.9 Å². The average molecular weight is 357 g/mol. The van der Waals surface area contributed by atoms with Gasteiger partial charge in [-0.25, -0.2) is 0 Å². The maximum atomic E-state index is 12.0. The van der Waals surface area contributed by atoms with E-state index in [1.165, 1.54) is 31.2 Å². The number of fused-ring (bicyclic) bond motifs is 1. The first-order valence-corrected chi connectivity index (χ1v) is 9.76. The summed E-state index contributed by atoms with van der Waals surface area (Å²) < 4.78 is 5.29. The van der Waals surface area contributed by atoms with Crippen LogP contribution < -0.4 is 10.1 Å². The van der Waals surface area contributed by atoms with Crippen LogP contribution in [-0.2, 0) is 11.2 Å². The number of aromatic amines is 1. The molecule has 0 fully saturated rings. The lowest BCUT2D eigenvalue weighted by Gasteiger charge is -2.06. The number of methoxy groups -OCH3 is 1. The second-order valence-corrected chi connectivity index (χ2v) is 6.77. The van der Waals surface area contributed by atoms with Gasteiger partial charge >= 0.3 is 0 Å². The normalized spacial score (nSPS) is 10.8. The number of carbonyl (C=O) groups excluding carboxylic acids is 1. The van der Waals surface area contributed by atoms with Gasteiger partial charge in [-0.3, -0.25) is 4.79 Å². The van der Waals surface area contributed by atoms with Crippen LogP contribution in [0.25, 0.3) is 10.9 Å². The minimum atomic E-state index is 0.161. The van der Waals surface area contributed by atoms with E-state index >= 15 is 0 Å². The number of benzene rings is 1. The highest BCUT2D eigenvalue weighted by Crippen LogP contribution is 2.23. The number of nitrogens with one attached hydrogen (secondary N) is 2. The summed E-state index contributed by atoms with van der Waals surface area (Å²) in [4.78, 5) is 15.2. The molecule has 142 valence electrons. The van der Waals surface area contributed by atoms with Crippen LogP contribution in [0.4, 0.5) is 0 Å². The van der Waals surface area contributed by atoms with E-state index < -0.39 is 0 Å². The van der Waals surface area contributed by atoms with Crippen molar-refractivity contribution in [3.05, 3.63) is 42.6 Å². The molecule has 0 aliphatic rings. The highest BCUT2D eigenvalue weighted by atomic mass is 16.5. The largest absolute Gasteiger partial charge is 0.497 e. The Kier molecular flexibility index (Phi) is 8.81. The molecule has 0 spiro atoms.